The number of aromatic nitrogens is 4. The first kappa shape index (κ1) is 16.2. The Morgan fingerprint density at radius 2 is 2.21 bits per heavy atom. The van der Waals surface area contributed by atoms with Crippen LogP contribution in [0.15, 0.2) is 30.9 Å². The van der Waals surface area contributed by atoms with Crippen LogP contribution in [0.3, 0.4) is 0 Å². The van der Waals surface area contributed by atoms with E-state index in [0.717, 1.165) is 35.0 Å². The van der Waals surface area contributed by atoms with E-state index in [-0.39, 0.29) is 5.97 Å². The van der Waals surface area contributed by atoms with Crippen LogP contribution in [0.2, 0.25) is 0 Å². The number of carbonyl (C=O) groups excluding carboxylic acids is 1. The number of benzene rings is 1. The third-order valence-electron chi connectivity index (χ3n) is 3.98. The number of ether oxygens (including phenoxy) is 1. The Balaban J connectivity index is 2.01. The van der Waals surface area contributed by atoms with Crippen LogP contribution in [-0.2, 0) is 17.7 Å². The second kappa shape index (κ2) is 6.84. The maximum absolute atomic E-state index is 12.1. The molecule has 1 N–H and O–H groups in total. The van der Waals surface area contributed by atoms with Gasteiger partial charge in [-0.05, 0) is 43.8 Å². The molecule has 3 rings (SSSR count). The summed E-state index contributed by atoms with van der Waals surface area (Å²) in [7, 11) is 5.44. The number of aromatic amines is 1. The van der Waals surface area contributed by atoms with Crippen molar-refractivity contribution in [3.63, 3.8) is 0 Å². The van der Waals surface area contributed by atoms with Gasteiger partial charge in [-0.1, -0.05) is 6.07 Å². The van der Waals surface area contributed by atoms with E-state index >= 15 is 0 Å². The van der Waals surface area contributed by atoms with Gasteiger partial charge >= 0.3 is 5.97 Å². The van der Waals surface area contributed by atoms with Crippen molar-refractivity contribution < 1.29 is 9.53 Å². The minimum Gasteiger partial charge on any atom is -0.464 e. The molecule has 0 radical (unpaired) electrons. The van der Waals surface area contributed by atoms with Gasteiger partial charge in [0, 0.05) is 17.4 Å². The molecule has 0 aliphatic carbocycles. The Labute approximate surface area is 140 Å². The molecule has 0 aliphatic rings. The molecule has 0 saturated carbocycles. The Kier molecular flexibility index (Phi) is 4.61. The first-order chi connectivity index (χ1) is 11.6. The average molecular weight is 327 g/mol. The summed E-state index contributed by atoms with van der Waals surface area (Å²) in [5, 5.41) is 5.19. The lowest BCUT2D eigenvalue weighted by molar-refractivity contribution is 0.0593. The molecule has 0 fully saturated rings. The molecule has 0 aliphatic heterocycles. The second-order valence-corrected chi connectivity index (χ2v) is 6.00. The minimum atomic E-state index is -0.335. The van der Waals surface area contributed by atoms with Crippen LogP contribution in [0.4, 0.5) is 0 Å². The van der Waals surface area contributed by atoms with Gasteiger partial charge in [0.2, 0.25) is 0 Å². The number of hydrogen-bond acceptors (Lipinski definition) is 5. The number of rotatable bonds is 6. The van der Waals surface area contributed by atoms with Gasteiger partial charge in [0.05, 0.1) is 13.7 Å². The van der Waals surface area contributed by atoms with Crippen molar-refractivity contribution in [3.05, 3.63) is 47.7 Å². The Morgan fingerprint density at radius 1 is 1.38 bits per heavy atom. The highest BCUT2D eigenvalue weighted by molar-refractivity contribution is 5.98. The molecule has 2 heterocycles. The SMILES string of the molecule is COC(=O)c1[nH]c2ccc(Cn3cncn3)cc2c1CCN(C)C. The van der Waals surface area contributed by atoms with E-state index in [9.17, 15) is 4.79 Å². The van der Waals surface area contributed by atoms with Crippen molar-refractivity contribution in [2.45, 2.75) is 13.0 Å². The van der Waals surface area contributed by atoms with Crippen molar-refractivity contribution in [2.75, 3.05) is 27.7 Å². The van der Waals surface area contributed by atoms with Gasteiger partial charge in [0.1, 0.15) is 18.3 Å². The molecule has 0 spiro atoms. The third kappa shape index (κ3) is 3.30. The molecular weight excluding hydrogens is 306 g/mol. The first-order valence-corrected chi connectivity index (χ1v) is 7.77. The van der Waals surface area contributed by atoms with Gasteiger partial charge < -0.3 is 14.6 Å². The molecule has 1 aromatic carbocycles. The highest BCUT2D eigenvalue weighted by Gasteiger charge is 2.18. The van der Waals surface area contributed by atoms with E-state index in [0.29, 0.717) is 12.2 Å². The molecule has 2 aromatic heterocycles. The highest BCUT2D eigenvalue weighted by atomic mass is 16.5. The lowest BCUT2D eigenvalue weighted by Crippen LogP contribution is -2.16. The fourth-order valence-electron chi connectivity index (χ4n) is 2.77. The van der Waals surface area contributed by atoms with Crippen LogP contribution >= 0.6 is 0 Å². The van der Waals surface area contributed by atoms with Crippen LogP contribution in [0.25, 0.3) is 10.9 Å². The summed E-state index contributed by atoms with van der Waals surface area (Å²) in [6.45, 7) is 1.49. The van der Waals surface area contributed by atoms with Crippen molar-refractivity contribution >= 4 is 16.9 Å². The largest absolute Gasteiger partial charge is 0.464 e. The van der Waals surface area contributed by atoms with E-state index in [1.807, 2.05) is 26.2 Å². The van der Waals surface area contributed by atoms with E-state index in [1.54, 1.807) is 11.0 Å². The summed E-state index contributed by atoms with van der Waals surface area (Å²) in [4.78, 5) is 21.4. The molecule has 0 bridgehead atoms. The number of nitrogens with zero attached hydrogens (tertiary/aromatic N) is 4. The number of hydrogen-bond donors (Lipinski definition) is 1. The number of fused-ring (bicyclic) bond motifs is 1. The smallest absolute Gasteiger partial charge is 0.354 e. The predicted molar refractivity (Wildman–Crippen MR) is 91.0 cm³/mol. The van der Waals surface area contributed by atoms with Crippen molar-refractivity contribution in [2.24, 2.45) is 0 Å². The van der Waals surface area contributed by atoms with Crippen LogP contribution in [0.1, 0.15) is 21.6 Å². The minimum absolute atomic E-state index is 0.335. The summed E-state index contributed by atoms with van der Waals surface area (Å²) in [5.41, 5.74) is 3.57. The summed E-state index contributed by atoms with van der Waals surface area (Å²) in [5.74, 6) is -0.335. The lowest BCUT2D eigenvalue weighted by atomic mass is 10.0. The quantitative estimate of drug-likeness (QED) is 0.697. The predicted octanol–water partition coefficient (Wildman–Crippen LogP) is 1.70. The first-order valence-electron chi connectivity index (χ1n) is 7.77. The van der Waals surface area contributed by atoms with Gasteiger partial charge in [-0.3, -0.25) is 0 Å². The van der Waals surface area contributed by atoms with E-state index in [4.69, 9.17) is 4.74 Å². The Morgan fingerprint density at radius 3 is 2.88 bits per heavy atom. The van der Waals surface area contributed by atoms with Crippen LogP contribution in [0, 0.1) is 0 Å². The van der Waals surface area contributed by atoms with E-state index in [1.165, 1.54) is 13.4 Å². The standard InChI is InChI=1S/C17H21N5O2/c1-21(2)7-6-13-14-8-12(9-22-11-18-10-19-22)4-5-15(14)20-16(13)17(23)24-3/h4-5,8,10-11,20H,6-7,9H2,1-3H3. The molecule has 0 unspecified atom stereocenters. The molecule has 126 valence electrons. The van der Waals surface area contributed by atoms with Crippen LogP contribution in [-0.4, -0.2) is 58.4 Å². The molecule has 3 aromatic rings. The third-order valence-corrected chi connectivity index (χ3v) is 3.98. The normalized spacial score (nSPS) is 11.3. The van der Waals surface area contributed by atoms with Gasteiger partial charge in [-0.15, -0.1) is 0 Å². The number of methoxy groups -OCH3 is 1. The second-order valence-electron chi connectivity index (χ2n) is 6.00. The van der Waals surface area contributed by atoms with E-state index < -0.39 is 0 Å². The lowest BCUT2D eigenvalue weighted by Gasteiger charge is -2.10. The monoisotopic (exact) mass is 327 g/mol. The summed E-state index contributed by atoms with van der Waals surface area (Å²) in [6, 6.07) is 6.12. The Bertz CT molecular complexity index is 836. The molecule has 0 amide bonds. The molecule has 24 heavy (non-hydrogen) atoms. The van der Waals surface area contributed by atoms with Crippen molar-refractivity contribution in [3.8, 4) is 0 Å². The van der Waals surface area contributed by atoms with Crippen LogP contribution < -0.4 is 0 Å². The molecule has 7 heteroatoms. The molecular formula is C17H21N5O2. The fraction of sp³-hybridized carbons (Fsp3) is 0.353. The maximum atomic E-state index is 12.1. The highest BCUT2D eigenvalue weighted by Crippen LogP contribution is 2.25. The van der Waals surface area contributed by atoms with Crippen LogP contribution in [0.5, 0.6) is 0 Å². The zero-order valence-corrected chi connectivity index (χ0v) is 14.1. The Hall–Kier alpha value is -2.67. The zero-order valence-electron chi connectivity index (χ0n) is 14.1. The van der Waals surface area contributed by atoms with Crippen molar-refractivity contribution in [1.82, 2.24) is 24.6 Å². The summed E-state index contributed by atoms with van der Waals surface area (Å²) in [6.07, 6.45) is 3.98. The maximum Gasteiger partial charge on any atom is 0.354 e. The number of esters is 1. The molecule has 0 atom stereocenters. The van der Waals surface area contributed by atoms with Gasteiger partial charge in [0.15, 0.2) is 0 Å². The van der Waals surface area contributed by atoms with Gasteiger partial charge in [-0.2, -0.15) is 5.10 Å². The average Bonchev–Trinajstić information content (AvgIpc) is 3.19. The number of carbonyl (C=O) groups is 1. The van der Waals surface area contributed by atoms with Gasteiger partial charge in [0.25, 0.3) is 0 Å². The van der Waals surface area contributed by atoms with E-state index in [2.05, 4.69) is 26.0 Å². The zero-order chi connectivity index (χ0) is 17.1. The number of likely N-dealkylation sites (N-methyl/N-ethyl adjacent to an activating group) is 1. The summed E-state index contributed by atoms with van der Waals surface area (Å²) < 4.78 is 6.69. The molecule has 0 saturated heterocycles. The summed E-state index contributed by atoms with van der Waals surface area (Å²) >= 11 is 0. The molecule has 7 nitrogen and oxygen atoms in total. The number of nitrogens with one attached hydrogen (secondary N) is 1. The topological polar surface area (TPSA) is 76.0 Å². The van der Waals surface area contributed by atoms with Crippen molar-refractivity contribution in [1.29, 1.82) is 0 Å². The fourth-order valence-corrected chi connectivity index (χ4v) is 2.77. The van der Waals surface area contributed by atoms with Gasteiger partial charge in [-0.25, -0.2) is 14.5 Å². The number of H-pyrrole nitrogens is 1.